The van der Waals surface area contributed by atoms with Gasteiger partial charge in [0.2, 0.25) is 10.0 Å². The van der Waals surface area contributed by atoms with Crippen LogP contribution in [0.2, 0.25) is 0 Å². The summed E-state index contributed by atoms with van der Waals surface area (Å²) in [6, 6.07) is 12.3. The number of nitrogens with one attached hydrogen (secondary N) is 1. The van der Waals surface area contributed by atoms with Crippen LogP contribution in [0.1, 0.15) is 29.8 Å². The molecule has 7 nitrogen and oxygen atoms in total. The molecule has 1 heterocycles. The van der Waals surface area contributed by atoms with Gasteiger partial charge in [-0.1, -0.05) is 32.0 Å². The fraction of sp³-hybridized carbons (Fsp3) is 0.409. The molecule has 1 amide bonds. The van der Waals surface area contributed by atoms with Gasteiger partial charge in [0.15, 0.2) is 0 Å². The number of aryl methyl sites for hydroxylation is 1. The molecule has 0 aliphatic carbocycles. The molecule has 0 bridgehead atoms. The van der Waals surface area contributed by atoms with E-state index in [1.54, 1.807) is 26.0 Å². The van der Waals surface area contributed by atoms with E-state index in [2.05, 4.69) is 10.2 Å². The van der Waals surface area contributed by atoms with E-state index in [-0.39, 0.29) is 10.8 Å². The zero-order chi connectivity index (χ0) is 21.7. The highest BCUT2D eigenvalue weighted by atomic mass is 32.2. The fourth-order valence-corrected chi connectivity index (χ4v) is 5.04. The highest BCUT2D eigenvalue weighted by molar-refractivity contribution is 7.89. The second kappa shape index (κ2) is 9.59. The molecule has 1 aliphatic rings. The summed E-state index contributed by atoms with van der Waals surface area (Å²) in [5, 5.41) is 2.94. The lowest BCUT2D eigenvalue weighted by molar-refractivity contribution is 0.102. The minimum Gasteiger partial charge on any atom is -0.378 e. The molecule has 2 aromatic carbocycles. The first-order chi connectivity index (χ1) is 14.4. The third-order valence-corrected chi connectivity index (χ3v) is 7.35. The topological polar surface area (TPSA) is 79.0 Å². The molecule has 1 aliphatic heterocycles. The minimum absolute atomic E-state index is 0.123. The van der Waals surface area contributed by atoms with Crippen LogP contribution in [-0.2, 0) is 14.8 Å². The maximum Gasteiger partial charge on any atom is 0.257 e. The van der Waals surface area contributed by atoms with Crippen LogP contribution in [0.15, 0.2) is 47.4 Å². The molecule has 2 aromatic rings. The van der Waals surface area contributed by atoms with Crippen LogP contribution in [0.5, 0.6) is 0 Å². The van der Waals surface area contributed by atoms with E-state index >= 15 is 0 Å². The predicted octanol–water partition coefficient (Wildman–Crippen LogP) is 3.11. The highest BCUT2D eigenvalue weighted by Crippen LogP contribution is 2.28. The Bertz CT molecular complexity index is 997. The van der Waals surface area contributed by atoms with Crippen molar-refractivity contribution >= 4 is 27.3 Å². The molecule has 3 rings (SSSR count). The number of benzene rings is 2. The van der Waals surface area contributed by atoms with Crippen molar-refractivity contribution in [1.82, 2.24) is 4.31 Å². The predicted molar refractivity (Wildman–Crippen MR) is 119 cm³/mol. The highest BCUT2D eigenvalue weighted by Gasteiger charge is 2.26. The van der Waals surface area contributed by atoms with Gasteiger partial charge in [0.1, 0.15) is 0 Å². The van der Waals surface area contributed by atoms with E-state index in [1.807, 2.05) is 31.2 Å². The number of hydrogen-bond acceptors (Lipinski definition) is 5. The van der Waals surface area contributed by atoms with E-state index in [0.29, 0.717) is 56.3 Å². The van der Waals surface area contributed by atoms with Crippen molar-refractivity contribution in [3.05, 3.63) is 53.6 Å². The van der Waals surface area contributed by atoms with Crippen molar-refractivity contribution < 1.29 is 17.9 Å². The van der Waals surface area contributed by atoms with Crippen LogP contribution in [-0.4, -0.2) is 58.0 Å². The summed E-state index contributed by atoms with van der Waals surface area (Å²) in [5.41, 5.74) is 2.69. The molecule has 0 atom stereocenters. The Morgan fingerprint density at radius 1 is 1.10 bits per heavy atom. The Labute approximate surface area is 178 Å². The van der Waals surface area contributed by atoms with E-state index < -0.39 is 10.0 Å². The van der Waals surface area contributed by atoms with Crippen LogP contribution in [0.4, 0.5) is 11.4 Å². The molecule has 1 N–H and O–H groups in total. The molecule has 8 heteroatoms. The first kappa shape index (κ1) is 22.3. The van der Waals surface area contributed by atoms with Gasteiger partial charge in [-0.2, -0.15) is 4.31 Å². The van der Waals surface area contributed by atoms with Gasteiger partial charge in [-0.05, 0) is 36.8 Å². The van der Waals surface area contributed by atoms with Crippen LogP contribution in [0, 0.1) is 6.92 Å². The van der Waals surface area contributed by atoms with Crippen molar-refractivity contribution in [3.8, 4) is 0 Å². The Kier molecular flexibility index (Phi) is 7.12. The van der Waals surface area contributed by atoms with Crippen LogP contribution >= 0.6 is 0 Å². The molecule has 0 radical (unpaired) electrons. The van der Waals surface area contributed by atoms with E-state index in [1.165, 1.54) is 10.4 Å². The number of anilines is 2. The molecular formula is C22H29N3O4S. The summed E-state index contributed by atoms with van der Waals surface area (Å²) in [7, 11) is -3.68. The summed E-state index contributed by atoms with van der Waals surface area (Å²) in [5.74, 6) is -0.331. The number of rotatable bonds is 7. The average molecular weight is 432 g/mol. The van der Waals surface area contributed by atoms with Gasteiger partial charge in [-0.3, -0.25) is 4.79 Å². The lowest BCUT2D eigenvalue weighted by Crippen LogP contribution is -2.37. The van der Waals surface area contributed by atoms with Crippen LogP contribution < -0.4 is 10.2 Å². The molecule has 0 aromatic heterocycles. The molecule has 0 saturated carbocycles. The summed E-state index contributed by atoms with van der Waals surface area (Å²) in [4.78, 5) is 15.4. The second-order valence-electron chi connectivity index (χ2n) is 7.14. The second-order valence-corrected chi connectivity index (χ2v) is 9.07. The average Bonchev–Trinajstić information content (AvgIpc) is 2.76. The maximum absolute atomic E-state index is 13.2. The zero-order valence-corrected chi connectivity index (χ0v) is 18.5. The summed E-state index contributed by atoms with van der Waals surface area (Å²) in [6.07, 6.45) is 0. The number of para-hydroxylation sites is 1. The zero-order valence-electron chi connectivity index (χ0n) is 17.7. The first-order valence-corrected chi connectivity index (χ1v) is 11.7. The summed E-state index contributed by atoms with van der Waals surface area (Å²) >= 11 is 0. The number of ether oxygens (including phenoxy) is 1. The standard InChI is InChI=1S/C22H29N3O4S/c1-4-25(5-2)30(27,28)18-10-11-21(24-12-14-29-15-13-24)19(16-18)22(26)23-20-9-7-6-8-17(20)3/h6-11,16H,4-5,12-15H2,1-3H3,(H,23,26). The van der Waals surface area contributed by atoms with Crippen LogP contribution in [0.25, 0.3) is 0 Å². The van der Waals surface area contributed by atoms with Gasteiger partial charge in [0, 0.05) is 37.6 Å². The van der Waals surface area contributed by atoms with Crippen molar-refractivity contribution in [2.24, 2.45) is 0 Å². The summed E-state index contributed by atoms with van der Waals surface area (Å²) < 4.78 is 32.9. The molecular weight excluding hydrogens is 402 g/mol. The third-order valence-electron chi connectivity index (χ3n) is 5.30. The fourth-order valence-electron chi connectivity index (χ4n) is 3.55. The Balaban J connectivity index is 2.04. The molecule has 1 saturated heterocycles. The number of morpholine rings is 1. The summed E-state index contributed by atoms with van der Waals surface area (Å²) in [6.45, 7) is 8.68. The number of carbonyl (C=O) groups is 1. The lowest BCUT2D eigenvalue weighted by Gasteiger charge is -2.31. The van der Waals surface area contributed by atoms with Crippen molar-refractivity contribution in [2.75, 3.05) is 49.6 Å². The quantitative estimate of drug-likeness (QED) is 0.729. The lowest BCUT2D eigenvalue weighted by atomic mass is 10.1. The van der Waals surface area contributed by atoms with Crippen molar-refractivity contribution in [2.45, 2.75) is 25.7 Å². The van der Waals surface area contributed by atoms with Gasteiger partial charge in [0.05, 0.1) is 23.7 Å². The third kappa shape index (κ3) is 4.66. The Hall–Kier alpha value is -2.42. The number of amides is 1. The maximum atomic E-state index is 13.2. The largest absolute Gasteiger partial charge is 0.378 e. The van der Waals surface area contributed by atoms with Crippen LogP contribution in [0.3, 0.4) is 0 Å². The number of carbonyl (C=O) groups excluding carboxylic acids is 1. The van der Waals surface area contributed by atoms with Crippen molar-refractivity contribution in [3.63, 3.8) is 0 Å². The van der Waals surface area contributed by atoms with E-state index in [4.69, 9.17) is 4.74 Å². The first-order valence-electron chi connectivity index (χ1n) is 10.2. The van der Waals surface area contributed by atoms with Gasteiger partial charge in [-0.25, -0.2) is 8.42 Å². The number of sulfonamides is 1. The van der Waals surface area contributed by atoms with Crippen molar-refractivity contribution in [1.29, 1.82) is 0 Å². The number of nitrogens with zero attached hydrogens (tertiary/aromatic N) is 2. The normalized spacial score (nSPS) is 14.7. The molecule has 30 heavy (non-hydrogen) atoms. The Morgan fingerprint density at radius 2 is 1.77 bits per heavy atom. The number of hydrogen-bond donors (Lipinski definition) is 1. The van der Waals surface area contributed by atoms with Gasteiger partial charge < -0.3 is 15.0 Å². The smallest absolute Gasteiger partial charge is 0.257 e. The van der Waals surface area contributed by atoms with E-state index in [0.717, 1.165) is 5.56 Å². The Morgan fingerprint density at radius 3 is 2.40 bits per heavy atom. The van der Waals surface area contributed by atoms with E-state index in [9.17, 15) is 13.2 Å². The molecule has 0 unspecified atom stereocenters. The molecule has 162 valence electrons. The van der Waals surface area contributed by atoms with Gasteiger partial charge >= 0.3 is 0 Å². The molecule has 0 spiro atoms. The van der Waals surface area contributed by atoms with Gasteiger partial charge in [0.25, 0.3) is 5.91 Å². The minimum atomic E-state index is -3.68. The van der Waals surface area contributed by atoms with Gasteiger partial charge in [-0.15, -0.1) is 0 Å². The molecule has 1 fully saturated rings. The SMILES string of the molecule is CCN(CC)S(=O)(=O)c1ccc(N2CCOCC2)c(C(=O)Nc2ccccc2C)c1. The monoisotopic (exact) mass is 431 g/mol.